The van der Waals surface area contributed by atoms with Crippen molar-refractivity contribution in [2.45, 2.75) is 12.5 Å². The molecule has 0 fully saturated rings. The van der Waals surface area contributed by atoms with Crippen molar-refractivity contribution in [3.05, 3.63) is 18.3 Å². The van der Waals surface area contributed by atoms with Crippen molar-refractivity contribution in [2.75, 3.05) is 24.3 Å². The Kier molecular flexibility index (Phi) is 3.27. The molecule has 0 aliphatic carbocycles. The van der Waals surface area contributed by atoms with Crippen LogP contribution in [0.2, 0.25) is 0 Å². The Balaban J connectivity index is 2.82. The molecule has 5 nitrogen and oxygen atoms in total. The van der Waals surface area contributed by atoms with E-state index in [0.29, 0.717) is 11.5 Å². The van der Waals surface area contributed by atoms with Crippen LogP contribution in [0.5, 0.6) is 0 Å². The number of nitrogens with two attached hydrogens (primary N) is 1. The predicted molar refractivity (Wildman–Crippen MR) is 54.8 cm³/mol. The summed E-state index contributed by atoms with van der Waals surface area (Å²) in [5.74, 6) is 0.470. The molecule has 0 radical (unpaired) electrons. The van der Waals surface area contributed by atoms with Gasteiger partial charge in [0.25, 0.3) is 0 Å². The zero-order valence-corrected chi connectivity index (χ0v) is 8.07. The molecule has 0 aromatic carbocycles. The predicted octanol–water partition coefficient (Wildman–Crippen LogP) is -0.181. The maximum atomic E-state index is 9.05. The van der Waals surface area contributed by atoms with Gasteiger partial charge < -0.3 is 21.3 Å². The molecule has 0 saturated carbocycles. The number of aliphatic hydroxyl groups excluding tert-OH is 2. The van der Waals surface area contributed by atoms with Gasteiger partial charge in [-0.1, -0.05) is 0 Å². The van der Waals surface area contributed by atoms with Crippen LogP contribution in [-0.2, 0) is 0 Å². The summed E-state index contributed by atoms with van der Waals surface area (Å²) in [4.78, 5) is 4.00. The van der Waals surface area contributed by atoms with Crippen molar-refractivity contribution < 1.29 is 10.2 Å². The van der Waals surface area contributed by atoms with E-state index in [1.165, 1.54) is 0 Å². The van der Waals surface area contributed by atoms with Crippen molar-refractivity contribution in [3.63, 3.8) is 0 Å². The normalized spacial score (nSPS) is 11.4. The Labute approximate surface area is 82.6 Å². The highest BCUT2D eigenvalue weighted by Gasteiger charge is 2.22. The Bertz CT molecular complexity index is 300. The summed E-state index contributed by atoms with van der Waals surface area (Å²) in [5.41, 5.74) is 5.33. The van der Waals surface area contributed by atoms with Gasteiger partial charge in [0.15, 0.2) is 0 Å². The number of hydrogen-bond acceptors (Lipinski definition) is 5. The molecule has 0 saturated heterocycles. The third-order valence-corrected chi connectivity index (χ3v) is 1.96. The summed E-state index contributed by atoms with van der Waals surface area (Å²) >= 11 is 0. The molecular formula is C9H15N3O2. The summed E-state index contributed by atoms with van der Waals surface area (Å²) in [6.45, 7) is 1.29. The Morgan fingerprint density at radius 3 is 2.64 bits per heavy atom. The van der Waals surface area contributed by atoms with Crippen LogP contribution >= 0.6 is 0 Å². The lowest BCUT2D eigenvalue weighted by Crippen LogP contribution is -2.43. The van der Waals surface area contributed by atoms with Gasteiger partial charge in [0.1, 0.15) is 5.82 Å². The fourth-order valence-electron chi connectivity index (χ4n) is 0.937. The molecule has 0 unspecified atom stereocenters. The molecule has 1 aromatic heterocycles. The molecule has 1 rings (SSSR count). The zero-order valence-electron chi connectivity index (χ0n) is 8.07. The van der Waals surface area contributed by atoms with Gasteiger partial charge in [0.2, 0.25) is 0 Å². The van der Waals surface area contributed by atoms with Gasteiger partial charge in [-0.05, 0) is 19.1 Å². The number of nitrogens with one attached hydrogen (secondary N) is 1. The van der Waals surface area contributed by atoms with Crippen LogP contribution in [-0.4, -0.2) is 33.9 Å². The standard InChI is InChI=1S/C9H15N3O2/c1-9(5-13,6-14)12-8-7(10)3-2-4-11-8/h2-4,13-14H,5-6,10H2,1H3,(H,11,12). The molecule has 1 heterocycles. The first-order valence-corrected chi connectivity index (χ1v) is 4.32. The number of nitrogens with zero attached hydrogens (tertiary/aromatic N) is 1. The van der Waals surface area contributed by atoms with Gasteiger partial charge in [-0.25, -0.2) is 4.98 Å². The number of rotatable bonds is 4. The summed E-state index contributed by atoms with van der Waals surface area (Å²) in [7, 11) is 0. The maximum absolute atomic E-state index is 9.05. The molecule has 5 N–H and O–H groups in total. The lowest BCUT2D eigenvalue weighted by molar-refractivity contribution is 0.147. The molecule has 5 heteroatoms. The molecule has 14 heavy (non-hydrogen) atoms. The number of aliphatic hydroxyl groups is 2. The monoisotopic (exact) mass is 197 g/mol. The summed E-state index contributed by atoms with van der Waals surface area (Å²) in [5, 5.41) is 21.0. The van der Waals surface area contributed by atoms with Crippen molar-refractivity contribution >= 4 is 11.5 Å². The second-order valence-corrected chi connectivity index (χ2v) is 3.44. The first kappa shape index (κ1) is 10.7. The first-order chi connectivity index (χ1) is 6.61. The minimum Gasteiger partial charge on any atom is -0.396 e. The molecule has 0 aliphatic heterocycles. The van der Waals surface area contributed by atoms with Crippen molar-refractivity contribution in [1.29, 1.82) is 0 Å². The van der Waals surface area contributed by atoms with E-state index in [1.807, 2.05) is 0 Å². The van der Waals surface area contributed by atoms with Gasteiger partial charge in [-0.2, -0.15) is 0 Å². The zero-order chi connectivity index (χ0) is 10.6. The second kappa shape index (κ2) is 4.26. The topological polar surface area (TPSA) is 91.4 Å². The van der Waals surface area contributed by atoms with Crippen molar-refractivity contribution in [1.82, 2.24) is 4.98 Å². The smallest absolute Gasteiger partial charge is 0.149 e. The van der Waals surface area contributed by atoms with Crippen LogP contribution in [0.15, 0.2) is 18.3 Å². The quantitative estimate of drug-likeness (QED) is 0.537. The number of pyridine rings is 1. The van der Waals surface area contributed by atoms with Gasteiger partial charge >= 0.3 is 0 Å². The molecule has 0 spiro atoms. The summed E-state index contributed by atoms with van der Waals surface area (Å²) in [6.07, 6.45) is 1.59. The number of anilines is 2. The van der Waals surface area contributed by atoms with E-state index in [2.05, 4.69) is 10.3 Å². The summed E-state index contributed by atoms with van der Waals surface area (Å²) < 4.78 is 0. The highest BCUT2D eigenvalue weighted by atomic mass is 16.3. The second-order valence-electron chi connectivity index (χ2n) is 3.44. The average Bonchev–Trinajstić information content (AvgIpc) is 2.21. The van der Waals surface area contributed by atoms with E-state index in [9.17, 15) is 0 Å². The average molecular weight is 197 g/mol. The Morgan fingerprint density at radius 1 is 1.50 bits per heavy atom. The van der Waals surface area contributed by atoms with Crippen LogP contribution < -0.4 is 11.1 Å². The van der Waals surface area contributed by atoms with E-state index in [0.717, 1.165) is 0 Å². The van der Waals surface area contributed by atoms with Crippen LogP contribution in [0.3, 0.4) is 0 Å². The SMILES string of the molecule is CC(CO)(CO)Nc1ncccc1N. The Hall–Kier alpha value is -1.33. The van der Waals surface area contributed by atoms with Crippen LogP contribution in [0.4, 0.5) is 11.5 Å². The number of nitrogen functional groups attached to an aromatic ring is 1. The van der Waals surface area contributed by atoms with E-state index >= 15 is 0 Å². The van der Waals surface area contributed by atoms with Crippen LogP contribution in [0.1, 0.15) is 6.92 Å². The minimum atomic E-state index is -0.803. The third kappa shape index (κ3) is 2.34. The number of hydrogen-bond donors (Lipinski definition) is 4. The number of aromatic nitrogens is 1. The molecular weight excluding hydrogens is 182 g/mol. The first-order valence-electron chi connectivity index (χ1n) is 4.32. The molecule has 1 aromatic rings. The molecule has 0 bridgehead atoms. The fourth-order valence-corrected chi connectivity index (χ4v) is 0.937. The van der Waals surface area contributed by atoms with Crippen molar-refractivity contribution in [2.24, 2.45) is 0 Å². The molecule has 78 valence electrons. The fraction of sp³-hybridized carbons (Fsp3) is 0.444. The van der Waals surface area contributed by atoms with E-state index < -0.39 is 5.54 Å². The maximum Gasteiger partial charge on any atom is 0.149 e. The van der Waals surface area contributed by atoms with Crippen molar-refractivity contribution in [3.8, 4) is 0 Å². The van der Waals surface area contributed by atoms with Gasteiger partial charge in [-0.3, -0.25) is 0 Å². The third-order valence-electron chi connectivity index (χ3n) is 1.96. The molecule has 0 amide bonds. The lowest BCUT2D eigenvalue weighted by Gasteiger charge is -2.27. The van der Waals surface area contributed by atoms with Gasteiger partial charge in [-0.15, -0.1) is 0 Å². The van der Waals surface area contributed by atoms with Crippen LogP contribution in [0, 0.1) is 0 Å². The minimum absolute atomic E-state index is 0.195. The highest BCUT2D eigenvalue weighted by Crippen LogP contribution is 2.18. The molecule has 0 aliphatic rings. The summed E-state index contributed by atoms with van der Waals surface area (Å²) in [6, 6.07) is 3.42. The van der Waals surface area contributed by atoms with E-state index in [4.69, 9.17) is 15.9 Å². The highest BCUT2D eigenvalue weighted by molar-refractivity contribution is 5.61. The van der Waals surface area contributed by atoms with E-state index in [1.54, 1.807) is 25.3 Å². The van der Waals surface area contributed by atoms with Gasteiger partial charge in [0.05, 0.1) is 24.4 Å². The van der Waals surface area contributed by atoms with Crippen LogP contribution in [0.25, 0.3) is 0 Å². The largest absolute Gasteiger partial charge is 0.396 e. The lowest BCUT2D eigenvalue weighted by atomic mass is 10.1. The molecule has 0 atom stereocenters. The van der Waals surface area contributed by atoms with Gasteiger partial charge in [0, 0.05) is 6.20 Å². The van der Waals surface area contributed by atoms with E-state index in [-0.39, 0.29) is 13.2 Å². The Morgan fingerprint density at radius 2 is 2.14 bits per heavy atom.